The Morgan fingerprint density at radius 3 is 2.62 bits per heavy atom. The summed E-state index contributed by atoms with van der Waals surface area (Å²) >= 11 is 8.28. The molecule has 37 heavy (non-hydrogen) atoms. The van der Waals surface area contributed by atoms with E-state index in [9.17, 15) is 9.59 Å². The topological polar surface area (TPSA) is 103 Å². The highest BCUT2D eigenvalue weighted by Crippen LogP contribution is 2.45. The van der Waals surface area contributed by atoms with E-state index in [1.807, 2.05) is 13.0 Å². The number of aromatic nitrogens is 1. The minimum atomic E-state index is -0.250. The van der Waals surface area contributed by atoms with E-state index in [4.69, 9.17) is 26.5 Å². The first-order valence-corrected chi connectivity index (χ1v) is 13.7. The molecule has 0 spiro atoms. The summed E-state index contributed by atoms with van der Waals surface area (Å²) in [7, 11) is 0. The number of anilines is 1. The van der Waals surface area contributed by atoms with Crippen LogP contribution in [0.1, 0.15) is 41.8 Å². The molecule has 3 aliphatic heterocycles. The van der Waals surface area contributed by atoms with Crippen molar-refractivity contribution in [3.63, 3.8) is 0 Å². The maximum absolute atomic E-state index is 12.2. The lowest BCUT2D eigenvalue weighted by atomic mass is 9.92. The third-order valence-electron chi connectivity index (χ3n) is 7.18. The second kappa shape index (κ2) is 10.8. The quantitative estimate of drug-likeness (QED) is 0.374. The number of nitrogens with zero attached hydrogens (tertiary/aromatic N) is 3. The molecule has 0 unspecified atom stereocenters. The summed E-state index contributed by atoms with van der Waals surface area (Å²) in [4.78, 5) is 42.4. The van der Waals surface area contributed by atoms with Crippen LogP contribution < -0.4 is 10.2 Å². The van der Waals surface area contributed by atoms with Crippen LogP contribution in [-0.4, -0.2) is 59.0 Å². The fraction of sp³-hybridized carbons (Fsp3) is 0.407. The summed E-state index contributed by atoms with van der Waals surface area (Å²) in [5.74, 6) is -0.173. The monoisotopic (exact) mass is 540 g/mol. The van der Waals surface area contributed by atoms with Crippen LogP contribution >= 0.6 is 22.9 Å². The van der Waals surface area contributed by atoms with Crippen molar-refractivity contribution in [2.75, 3.05) is 24.5 Å². The molecule has 10 heteroatoms. The van der Waals surface area contributed by atoms with Gasteiger partial charge in [0.25, 0.3) is 6.47 Å². The lowest BCUT2D eigenvalue weighted by Crippen LogP contribution is -2.40. The standard InChI is InChI=1S/C26H27ClN4O2S.CH2O2/c1-15-9-21(26-22(29-15)12-19(34-26)14-31-23(32)4-5-24(31)33)20-11-17(27)10-16-3-2-8-30(25(16)20)18-6-7-28-13-18;2-1-3/h9-12,18,28H,2-8,13-14H2,1H3;1H,(H,2,3)/t18-;/m0./s1. The largest absolute Gasteiger partial charge is 0.483 e. The molecular formula is C27H29ClN4O4S. The van der Waals surface area contributed by atoms with E-state index in [0.717, 1.165) is 75.8 Å². The number of hydrogen-bond donors (Lipinski definition) is 2. The predicted molar refractivity (Wildman–Crippen MR) is 145 cm³/mol. The van der Waals surface area contributed by atoms with Crippen molar-refractivity contribution in [3.8, 4) is 11.1 Å². The highest BCUT2D eigenvalue weighted by molar-refractivity contribution is 7.19. The Kier molecular flexibility index (Phi) is 7.46. The van der Waals surface area contributed by atoms with Crippen molar-refractivity contribution in [2.45, 2.75) is 51.6 Å². The van der Waals surface area contributed by atoms with Gasteiger partial charge < -0.3 is 15.3 Å². The molecule has 2 saturated heterocycles. The van der Waals surface area contributed by atoms with E-state index in [1.54, 1.807) is 11.3 Å². The highest BCUT2D eigenvalue weighted by Gasteiger charge is 2.31. The molecule has 6 rings (SSSR count). The number of carboxylic acid groups (broad SMARTS) is 1. The number of imide groups is 1. The van der Waals surface area contributed by atoms with Gasteiger partial charge in [0.15, 0.2) is 0 Å². The SMILES string of the molecule is Cc1cc(-c2cc(Cl)cc3c2N([C@H]2CCNC2)CCC3)c2sc(CN3C(=O)CCC3=O)cc2n1.O=CO. The fourth-order valence-electron chi connectivity index (χ4n) is 5.65. The Morgan fingerprint density at radius 2 is 1.92 bits per heavy atom. The molecule has 0 saturated carbocycles. The van der Waals surface area contributed by atoms with Crippen molar-refractivity contribution >= 4 is 57.1 Å². The summed E-state index contributed by atoms with van der Waals surface area (Å²) in [6.45, 7) is 5.21. The molecule has 1 aromatic carbocycles. The third-order valence-corrected chi connectivity index (χ3v) is 8.54. The van der Waals surface area contributed by atoms with Crippen molar-refractivity contribution in [1.82, 2.24) is 15.2 Å². The van der Waals surface area contributed by atoms with Crippen LogP contribution in [0.4, 0.5) is 5.69 Å². The number of pyridine rings is 1. The van der Waals surface area contributed by atoms with Crippen LogP contribution in [-0.2, 0) is 27.3 Å². The Hall–Kier alpha value is -3.01. The van der Waals surface area contributed by atoms with Gasteiger partial charge in [0.05, 0.1) is 16.8 Å². The number of thiophene rings is 1. The molecule has 8 nitrogen and oxygen atoms in total. The molecule has 2 fully saturated rings. The molecule has 3 aromatic rings. The summed E-state index contributed by atoms with van der Waals surface area (Å²) in [6.07, 6.45) is 3.93. The van der Waals surface area contributed by atoms with Gasteiger partial charge in [-0.2, -0.15) is 0 Å². The minimum Gasteiger partial charge on any atom is -0.483 e. The van der Waals surface area contributed by atoms with Crippen LogP contribution in [0.3, 0.4) is 0 Å². The van der Waals surface area contributed by atoms with Crippen LogP contribution in [0, 0.1) is 6.92 Å². The summed E-state index contributed by atoms with van der Waals surface area (Å²) in [5.41, 5.74) is 6.76. The van der Waals surface area contributed by atoms with Gasteiger partial charge in [0, 0.05) is 64.4 Å². The number of fused-ring (bicyclic) bond motifs is 2. The van der Waals surface area contributed by atoms with Crippen LogP contribution in [0.15, 0.2) is 24.3 Å². The van der Waals surface area contributed by atoms with Gasteiger partial charge >= 0.3 is 0 Å². The van der Waals surface area contributed by atoms with E-state index in [1.165, 1.54) is 16.2 Å². The first-order valence-electron chi connectivity index (χ1n) is 12.5. The van der Waals surface area contributed by atoms with E-state index >= 15 is 0 Å². The van der Waals surface area contributed by atoms with Crippen molar-refractivity contribution < 1.29 is 19.5 Å². The first kappa shape index (κ1) is 25.6. The molecule has 2 N–H and O–H groups in total. The van der Waals surface area contributed by atoms with E-state index in [-0.39, 0.29) is 18.3 Å². The molecule has 2 amide bonds. The maximum Gasteiger partial charge on any atom is 0.290 e. The number of amides is 2. The molecule has 3 aliphatic rings. The zero-order valence-electron chi connectivity index (χ0n) is 20.6. The minimum absolute atomic E-state index is 0.0865. The molecule has 0 aliphatic carbocycles. The highest BCUT2D eigenvalue weighted by atomic mass is 35.5. The third kappa shape index (κ3) is 5.08. The Labute approximate surface area is 224 Å². The lowest BCUT2D eigenvalue weighted by molar-refractivity contribution is -0.139. The van der Waals surface area contributed by atoms with Crippen LogP contribution in [0.25, 0.3) is 21.3 Å². The number of rotatable bonds is 4. The normalized spacial score (nSPS) is 19.2. The van der Waals surface area contributed by atoms with Crippen molar-refractivity contribution in [2.24, 2.45) is 0 Å². The maximum atomic E-state index is 12.2. The lowest BCUT2D eigenvalue weighted by Gasteiger charge is -2.38. The number of benzene rings is 1. The number of carbonyl (C=O) groups excluding carboxylic acids is 2. The van der Waals surface area contributed by atoms with Gasteiger partial charge in [-0.05, 0) is 62.6 Å². The zero-order chi connectivity index (χ0) is 26.1. The van der Waals surface area contributed by atoms with Crippen LogP contribution in [0.5, 0.6) is 0 Å². The van der Waals surface area contributed by atoms with E-state index in [2.05, 4.69) is 28.4 Å². The smallest absolute Gasteiger partial charge is 0.290 e. The van der Waals surface area contributed by atoms with E-state index < -0.39 is 0 Å². The van der Waals surface area contributed by atoms with Gasteiger partial charge in [0.2, 0.25) is 11.8 Å². The second-order valence-corrected chi connectivity index (χ2v) is 11.2. The average molecular weight is 541 g/mol. The van der Waals surface area contributed by atoms with Gasteiger partial charge in [-0.25, -0.2) is 0 Å². The first-order chi connectivity index (χ1) is 17.9. The number of nitrogens with one attached hydrogen (secondary N) is 1. The number of hydrogen-bond acceptors (Lipinski definition) is 7. The molecule has 2 aromatic heterocycles. The van der Waals surface area contributed by atoms with Gasteiger partial charge in [-0.3, -0.25) is 24.3 Å². The fourth-order valence-corrected chi connectivity index (χ4v) is 7.00. The van der Waals surface area contributed by atoms with Gasteiger partial charge in [-0.1, -0.05) is 11.6 Å². The number of likely N-dealkylation sites (tertiary alicyclic amines) is 1. The van der Waals surface area contributed by atoms with Crippen LogP contribution in [0.2, 0.25) is 5.02 Å². The summed E-state index contributed by atoms with van der Waals surface area (Å²) in [5, 5.41) is 11.2. The van der Waals surface area contributed by atoms with E-state index in [0.29, 0.717) is 25.4 Å². The van der Waals surface area contributed by atoms with Gasteiger partial charge in [0.1, 0.15) is 0 Å². The number of halogens is 1. The molecule has 5 heterocycles. The Morgan fingerprint density at radius 1 is 1.16 bits per heavy atom. The molecule has 1 atom stereocenters. The van der Waals surface area contributed by atoms with Crippen molar-refractivity contribution in [3.05, 3.63) is 45.4 Å². The molecule has 0 bridgehead atoms. The summed E-state index contributed by atoms with van der Waals surface area (Å²) < 4.78 is 1.08. The molecule has 194 valence electrons. The predicted octanol–water partition coefficient (Wildman–Crippen LogP) is 4.39. The number of carbonyl (C=O) groups is 3. The average Bonchev–Trinajstić information content (AvgIpc) is 3.61. The Bertz CT molecular complexity index is 1350. The zero-order valence-corrected chi connectivity index (χ0v) is 22.2. The van der Waals surface area contributed by atoms with Gasteiger partial charge in [-0.15, -0.1) is 11.3 Å². The summed E-state index contributed by atoms with van der Waals surface area (Å²) in [6, 6.07) is 8.90. The number of aryl methyl sites for hydroxylation is 2. The Balaban J connectivity index is 0.000000892. The molecular weight excluding hydrogens is 512 g/mol. The molecule has 0 radical (unpaired) electrons. The second-order valence-electron chi connectivity index (χ2n) is 9.62. The van der Waals surface area contributed by atoms with Crippen molar-refractivity contribution in [1.29, 1.82) is 0 Å².